The molecule has 2 aromatic heterocycles. The summed E-state index contributed by atoms with van der Waals surface area (Å²) in [6.07, 6.45) is 1.05. The van der Waals surface area contributed by atoms with Crippen molar-refractivity contribution in [3.63, 3.8) is 0 Å². The van der Waals surface area contributed by atoms with Crippen molar-refractivity contribution >= 4 is 11.3 Å². The van der Waals surface area contributed by atoms with E-state index >= 15 is 0 Å². The Balaban J connectivity index is 1.69. The number of thiophene rings is 1. The lowest BCUT2D eigenvalue weighted by Gasteiger charge is -2.10. The van der Waals surface area contributed by atoms with Crippen LogP contribution in [-0.2, 0) is 6.54 Å². The fourth-order valence-electron chi connectivity index (χ4n) is 2.02. The predicted molar refractivity (Wildman–Crippen MR) is 65.5 cm³/mol. The molecule has 0 aliphatic carbocycles. The molecule has 0 bridgehead atoms. The molecule has 1 aliphatic rings. The van der Waals surface area contributed by atoms with Crippen molar-refractivity contribution < 1.29 is 4.52 Å². The molecule has 0 spiro atoms. The first kappa shape index (κ1) is 10.9. The number of nitrogens with two attached hydrogens (primary N) is 1. The average molecular weight is 250 g/mol. The molecular weight excluding hydrogens is 236 g/mol. The molecule has 3 rings (SSSR count). The lowest BCUT2D eigenvalue weighted by Crippen LogP contribution is -2.26. The maximum absolute atomic E-state index is 5.85. The van der Waals surface area contributed by atoms with E-state index in [2.05, 4.69) is 15.0 Å². The van der Waals surface area contributed by atoms with E-state index in [0.717, 1.165) is 24.4 Å². The summed E-state index contributed by atoms with van der Waals surface area (Å²) in [5.74, 6) is 1.35. The first-order valence-corrected chi connectivity index (χ1v) is 6.53. The Hall–Kier alpha value is -1.24. The molecule has 1 fully saturated rings. The minimum absolute atomic E-state index is 0.287. The molecule has 2 aromatic rings. The highest BCUT2D eigenvalue weighted by Crippen LogP contribution is 2.22. The molecule has 0 radical (unpaired) electrons. The lowest BCUT2D eigenvalue weighted by atomic mass is 10.3. The third kappa shape index (κ3) is 2.38. The van der Waals surface area contributed by atoms with Gasteiger partial charge in [0.2, 0.25) is 11.7 Å². The number of aromatic nitrogens is 2. The number of rotatable bonds is 3. The van der Waals surface area contributed by atoms with Crippen molar-refractivity contribution in [1.29, 1.82) is 0 Å². The van der Waals surface area contributed by atoms with Crippen molar-refractivity contribution in [3.8, 4) is 10.7 Å². The first-order chi connectivity index (χ1) is 8.31. The SMILES string of the molecule is N[C@H]1CCN(Cc2nc(-c3cccs3)no2)C1. The van der Waals surface area contributed by atoms with Gasteiger partial charge in [-0.05, 0) is 17.9 Å². The van der Waals surface area contributed by atoms with Gasteiger partial charge in [-0.15, -0.1) is 11.3 Å². The summed E-state index contributed by atoms with van der Waals surface area (Å²) in [4.78, 5) is 7.68. The van der Waals surface area contributed by atoms with Crippen LogP contribution in [0, 0.1) is 0 Å². The van der Waals surface area contributed by atoms with Crippen LogP contribution in [0.3, 0.4) is 0 Å². The topological polar surface area (TPSA) is 68.2 Å². The van der Waals surface area contributed by atoms with Crippen LogP contribution in [0.25, 0.3) is 10.7 Å². The Labute approximate surface area is 103 Å². The molecule has 6 heteroatoms. The van der Waals surface area contributed by atoms with Gasteiger partial charge in [-0.3, -0.25) is 4.90 Å². The quantitative estimate of drug-likeness (QED) is 0.890. The van der Waals surface area contributed by atoms with Crippen molar-refractivity contribution in [2.24, 2.45) is 5.73 Å². The summed E-state index contributed by atoms with van der Waals surface area (Å²) < 4.78 is 5.25. The van der Waals surface area contributed by atoms with Crippen LogP contribution in [0.15, 0.2) is 22.0 Å². The third-order valence-corrected chi connectivity index (χ3v) is 3.74. The number of hydrogen-bond acceptors (Lipinski definition) is 6. The van der Waals surface area contributed by atoms with Gasteiger partial charge in [0, 0.05) is 19.1 Å². The minimum Gasteiger partial charge on any atom is -0.338 e. The molecule has 0 aromatic carbocycles. The smallest absolute Gasteiger partial charge is 0.241 e. The van der Waals surface area contributed by atoms with Crippen LogP contribution in [0.4, 0.5) is 0 Å². The second-order valence-corrected chi connectivity index (χ2v) is 5.22. The van der Waals surface area contributed by atoms with Gasteiger partial charge in [0.15, 0.2) is 0 Å². The number of nitrogens with zero attached hydrogens (tertiary/aromatic N) is 3. The zero-order valence-electron chi connectivity index (χ0n) is 9.37. The van der Waals surface area contributed by atoms with Crippen LogP contribution in [-0.4, -0.2) is 34.2 Å². The van der Waals surface area contributed by atoms with E-state index in [1.165, 1.54) is 0 Å². The zero-order chi connectivity index (χ0) is 11.7. The maximum atomic E-state index is 5.85. The fourth-order valence-corrected chi connectivity index (χ4v) is 2.67. The maximum Gasteiger partial charge on any atom is 0.241 e. The molecule has 1 saturated heterocycles. The lowest BCUT2D eigenvalue weighted by molar-refractivity contribution is 0.265. The second-order valence-electron chi connectivity index (χ2n) is 4.27. The Kier molecular flexibility index (Phi) is 2.92. The van der Waals surface area contributed by atoms with E-state index in [4.69, 9.17) is 10.3 Å². The van der Waals surface area contributed by atoms with Crippen molar-refractivity contribution in [3.05, 3.63) is 23.4 Å². The molecule has 1 atom stereocenters. The normalized spacial score (nSPS) is 21.1. The summed E-state index contributed by atoms with van der Waals surface area (Å²) in [7, 11) is 0. The highest BCUT2D eigenvalue weighted by Gasteiger charge is 2.21. The van der Waals surface area contributed by atoms with E-state index in [1.54, 1.807) is 11.3 Å². The summed E-state index contributed by atoms with van der Waals surface area (Å²) in [5, 5.41) is 5.99. The molecule has 1 aliphatic heterocycles. The van der Waals surface area contributed by atoms with Gasteiger partial charge in [-0.25, -0.2) is 0 Å². The van der Waals surface area contributed by atoms with E-state index in [0.29, 0.717) is 18.3 Å². The summed E-state index contributed by atoms with van der Waals surface area (Å²) in [6, 6.07) is 4.26. The molecule has 17 heavy (non-hydrogen) atoms. The third-order valence-electron chi connectivity index (χ3n) is 2.88. The number of likely N-dealkylation sites (tertiary alicyclic amines) is 1. The van der Waals surface area contributed by atoms with Crippen LogP contribution in [0.2, 0.25) is 0 Å². The summed E-state index contributed by atoms with van der Waals surface area (Å²) in [5.41, 5.74) is 5.85. The fraction of sp³-hybridized carbons (Fsp3) is 0.455. The van der Waals surface area contributed by atoms with Crippen LogP contribution < -0.4 is 5.73 Å². The molecule has 0 amide bonds. The van der Waals surface area contributed by atoms with E-state index < -0.39 is 0 Å². The molecule has 3 heterocycles. The van der Waals surface area contributed by atoms with Crippen molar-refractivity contribution in [1.82, 2.24) is 15.0 Å². The largest absolute Gasteiger partial charge is 0.338 e. The Morgan fingerprint density at radius 3 is 3.24 bits per heavy atom. The first-order valence-electron chi connectivity index (χ1n) is 5.65. The van der Waals surface area contributed by atoms with E-state index in [-0.39, 0.29) is 6.04 Å². The van der Waals surface area contributed by atoms with Gasteiger partial charge >= 0.3 is 0 Å². The Bertz CT molecular complexity index is 481. The Morgan fingerprint density at radius 2 is 2.53 bits per heavy atom. The predicted octanol–water partition coefficient (Wildman–Crippen LogP) is 1.33. The zero-order valence-corrected chi connectivity index (χ0v) is 10.2. The van der Waals surface area contributed by atoms with Crippen LogP contribution >= 0.6 is 11.3 Å². The van der Waals surface area contributed by atoms with Crippen LogP contribution in [0.5, 0.6) is 0 Å². The summed E-state index contributed by atoms with van der Waals surface area (Å²) >= 11 is 1.61. The highest BCUT2D eigenvalue weighted by atomic mass is 32.1. The van der Waals surface area contributed by atoms with Crippen molar-refractivity contribution in [2.45, 2.75) is 19.0 Å². The van der Waals surface area contributed by atoms with Gasteiger partial charge in [0.1, 0.15) is 0 Å². The molecule has 0 unspecified atom stereocenters. The molecule has 2 N–H and O–H groups in total. The molecule has 0 saturated carbocycles. The van der Waals surface area contributed by atoms with Crippen molar-refractivity contribution in [2.75, 3.05) is 13.1 Å². The van der Waals surface area contributed by atoms with Gasteiger partial charge in [0.05, 0.1) is 11.4 Å². The second kappa shape index (κ2) is 4.56. The molecule has 90 valence electrons. The van der Waals surface area contributed by atoms with Crippen LogP contribution in [0.1, 0.15) is 12.3 Å². The van der Waals surface area contributed by atoms with Gasteiger partial charge in [-0.2, -0.15) is 4.98 Å². The summed E-state index contributed by atoms with van der Waals surface area (Å²) in [6.45, 7) is 2.63. The minimum atomic E-state index is 0.287. The molecule has 5 nitrogen and oxygen atoms in total. The Morgan fingerprint density at radius 1 is 1.59 bits per heavy atom. The van der Waals surface area contributed by atoms with Gasteiger partial charge in [0.25, 0.3) is 0 Å². The van der Waals surface area contributed by atoms with E-state index in [9.17, 15) is 0 Å². The number of hydrogen-bond donors (Lipinski definition) is 1. The average Bonchev–Trinajstić information content (AvgIpc) is 3.00. The standard InChI is InChI=1S/C11H14N4OS/c12-8-3-4-15(6-8)7-10-13-11(14-16-10)9-2-1-5-17-9/h1-2,5,8H,3-4,6-7,12H2/t8-/m0/s1. The van der Waals surface area contributed by atoms with Gasteiger partial charge < -0.3 is 10.3 Å². The monoisotopic (exact) mass is 250 g/mol. The van der Waals surface area contributed by atoms with Gasteiger partial charge in [-0.1, -0.05) is 11.2 Å². The highest BCUT2D eigenvalue weighted by molar-refractivity contribution is 7.13. The van der Waals surface area contributed by atoms with E-state index in [1.807, 2.05) is 17.5 Å². The molecular formula is C11H14N4OS.